The zero-order valence-electron chi connectivity index (χ0n) is 15.9. The number of benzene rings is 2. The van der Waals surface area contributed by atoms with Crippen molar-refractivity contribution < 1.29 is 4.74 Å². The smallest absolute Gasteiger partial charge is 0.0870 e. The highest BCUT2D eigenvalue weighted by Crippen LogP contribution is 2.50. The van der Waals surface area contributed by atoms with Crippen molar-refractivity contribution in [1.82, 2.24) is 0 Å². The van der Waals surface area contributed by atoms with E-state index in [-0.39, 0.29) is 6.10 Å². The van der Waals surface area contributed by atoms with Gasteiger partial charge in [-0.1, -0.05) is 62.4 Å². The molecule has 1 nitrogen and oxygen atoms in total. The highest BCUT2D eigenvalue weighted by atomic mass is 32.1. The summed E-state index contributed by atoms with van der Waals surface area (Å²) in [7, 11) is 0. The van der Waals surface area contributed by atoms with E-state index in [4.69, 9.17) is 4.74 Å². The molecule has 2 aromatic carbocycles. The van der Waals surface area contributed by atoms with Crippen LogP contribution in [0.1, 0.15) is 47.4 Å². The van der Waals surface area contributed by atoms with Gasteiger partial charge >= 0.3 is 0 Å². The normalized spacial score (nSPS) is 20.6. The molecule has 0 bridgehead atoms. The molecule has 1 aromatic heterocycles. The zero-order chi connectivity index (χ0) is 18.4. The molecule has 3 aromatic rings. The van der Waals surface area contributed by atoms with E-state index >= 15 is 0 Å². The molecule has 2 heteroatoms. The maximum absolute atomic E-state index is 6.14. The Morgan fingerprint density at radius 2 is 1.59 bits per heavy atom. The van der Waals surface area contributed by atoms with E-state index in [1.165, 1.54) is 32.7 Å². The number of rotatable bonds is 4. The lowest BCUT2D eigenvalue weighted by Gasteiger charge is -2.31. The van der Waals surface area contributed by atoms with Crippen LogP contribution in [0.3, 0.4) is 0 Å². The van der Waals surface area contributed by atoms with Crippen LogP contribution in [0.4, 0.5) is 0 Å². The predicted octanol–water partition coefficient (Wildman–Crippen LogP) is 6.65. The molecule has 2 aliphatic rings. The van der Waals surface area contributed by atoms with E-state index in [2.05, 4.69) is 80.2 Å². The van der Waals surface area contributed by atoms with Crippen molar-refractivity contribution in [3.63, 3.8) is 0 Å². The van der Waals surface area contributed by atoms with Crippen molar-refractivity contribution in [3.8, 4) is 11.1 Å². The van der Waals surface area contributed by atoms with Crippen LogP contribution in [0.25, 0.3) is 11.1 Å². The summed E-state index contributed by atoms with van der Waals surface area (Å²) in [6.07, 6.45) is 3.65. The minimum Gasteiger partial charge on any atom is -0.373 e. The van der Waals surface area contributed by atoms with Gasteiger partial charge < -0.3 is 4.74 Å². The number of hydrogen-bond donors (Lipinski definition) is 0. The Labute approximate surface area is 166 Å². The molecule has 2 heterocycles. The molecule has 0 amide bonds. The number of ether oxygens (including phenoxy) is 1. The molecule has 0 N–H and O–H groups in total. The molecule has 1 aliphatic heterocycles. The lowest BCUT2D eigenvalue weighted by Crippen LogP contribution is -2.23. The SMILES string of the molecule is CC([CH]C1OCCc2sccc21)C(C)C1c2ccccc2-c2ccccc21. The van der Waals surface area contributed by atoms with Crippen molar-refractivity contribution in [2.45, 2.75) is 32.3 Å². The minimum atomic E-state index is 0.143. The van der Waals surface area contributed by atoms with Gasteiger partial charge in [-0.3, -0.25) is 0 Å². The number of thiophene rings is 1. The Morgan fingerprint density at radius 3 is 2.30 bits per heavy atom. The minimum absolute atomic E-state index is 0.143. The summed E-state index contributed by atoms with van der Waals surface area (Å²) in [6, 6.07) is 20.1. The van der Waals surface area contributed by atoms with Gasteiger partial charge in [-0.15, -0.1) is 11.3 Å². The summed E-state index contributed by atoms with van der Waals surface area (Å²) < 4.78 is 6.14. The Bertz CT molecular complexity index is 911. The van der Waals surface area contributed by atoms with E-state index in [1.807, 2.05) is 11.3 Å². The van der Waals surface area contributed by atoms with Crippen LogP contribution in [0, 0.1) is 18.3 Å². The molecule has 3 atom stereocenters. The van der Waals surface area contributed by atoms with Gasteiger partial charge in [0, 0.05) is 17.2 Å². The van der Waals surface area contributed by atoms with Crippen LogP contribution < -0.4 is 0 Å². The van der Waals surface area contributed by atoms with Crippen molar-refractivity contribution in [2.24, 2.45) is 11.8 Å². The predicted molar refractivity (Wildman–Crippen MR) is 113 cm³/mol. The molecule has 27 heavy (non-hydrogen) atoms. The molecule has 0 saturated carbocycles. The molecule has 5 rings (SSSR count). The molecule has 1 radical (unpaired) electrons. The number of fused-ring (bicyclic) bond motifs is 4. The van der Waals surface area contributed by atoms with Gasteiger partial charge in [0.15, 0.2) is 0 Å². The van der Waals surface area contributed by atoms with E-state index in [1.54, 1.807) is 0 Å². The van der Waals surface area contributed by atoms with Gasteiger partial charge in [0.05, 0.1) is 12.7 Å². The summed E-state index contributed by atoms with van der Waals surface area (Å²) in [5.41, 5.74) is 7.16. The Balaban J connectivity index is 1.44. The largest absolute Gasteiger partial charge is 0.373 e. The van der Waals surface area contributed by atoms with Crippen LogP contribution in [-0.4, -0.2) is 6.61 Å². The lowest BCUT2D eigenvalue weighted by atomic mass is 9.76. The van der Waals surface area contributed by atoms with Gasteiger partial charge in [0.25, 0.3) is 0 Å². The van der Waals surface area contributed by atoms with E-state index in [9.17, 15) is 0 Å². The van der Waals surface area contributed by atoms with E-state index in [0.29, 0.717) is 17.8 Å². The third kappa shape index (κ3) is 2.86. The van der Waals surface area contributed by atoms with Gasteiger partial charge in [-0.2, -0.15) is 0 Å². The van der Waals surface area contributed by atoms with Crippen molar-refractivity contribution in [2.75, 3.05) is 6.61 Å². The summed E-state index contributed by atoms with van der Waals surface area (Å²) in [5.74, 6) is 1.43. The Morgan fingerprint density at radius 1 is 0.926 bits per heavy atom. The first kappa shape index (κ1) is 17.2. The van der Waals surface area contributed by atoms with Crippen LogP contribution in [-0.2, 0) is 11.2 Å². The molecule has 137 valence electrons. The van der Waals surface area contributed by atoms with E-state index in [0.717, 1.165) is 13.0 Å². The lowest BCUT2D eigenvalue weighted by molar-refractivity contribution is 0.0554. The Kier molecular flexibility index (Phi) is 4.41. The second-order valence-corrected chi connectivity index (χ2v) is 8.90. The third-order valence-electron chi connectivity index (χ3n) is 6.43. The molecule has 0 fully saturated rings. The average Bonchev–Trinajstić information content (AvgIpc) is 3.31. The molecular weight excluding hydrogens is 348 g/mol. The Hall–Kier alpha value is -1.90. The topological polar surface area (TPSA) is 9.23 Å². The first-order valence-electron chi connectivity index (χ1n) is 9.95. The van der Waals surface area contributed by atoms with Gasteiger partial charge in [-0.05, 0) is 57.5 Å². The fraction of sp³-hybridized carbons (Fsp3) is 0.320. The zero-order valence-corrected chi connectivity index (χ0v) is 16.7. The van der Waals surface area contributed by atoms with Gasteiger partial charge in [0.2, 0.25) is 0 Å². The maximum Gasteiger partial charge on any atom is 0.0870 e. The summed E-state index contributed by atoms with van der Waals surface area (Å²) in [4.78, 5) is 1.50. The summed E-state index contributed by atoms with van der Waals surface area (Å²) >= 11 is 1.87. The summed E-state index contributed by atoms with van der Waals surface area (Å²) in [5, 5.41) is 2.21. The third-order valence-corrected chi connectivity index (χ3v) is 7.42. The fourth-order valence-electron chi connectivity index (χ4n) is 4.85. The fourth-order valence-corrected chi connectivity index (χ4v) is 5.75. The second kappa shape index (κ2) is 6.92. The maximum atomic E-state index is 6.14. The quantitative estimate of drug-likeness (QED) is 0.497. The first-order chi connectivity index (χ1) is 13.2. The average molecular weight is 374 g/mol. The molecular formula is C25H25OS. The van der Waals surface area contributed by atoms with Crippen molar-refractivity contribution >= 4 is 11.3 Å². The monoisotopic (exact) mass is 373 g/mol. The molecule has 3 unspecified atom stereocenters. The number of hydrogen-bond acceptors (Lipinski definition) is 2. The van der Waals surface area contributed by atoms with Crippen LogP contribution >= 0.6 is 11.3 Å². The first-order valence-corrected chi connectivity index (χ1v) is 10.8. The highest BCUT2D eigenvalue weighted by Gasteiger charge is 2.35. The van der Waals surface area contributed by atoms with Crippen LogP contribution in [0.2, 0.25) is 0 Å². The molecule has 0 saturated heterocycles. The highest BCUT2D eigenvalue weighted by molar-refractivity contribution is 7.10. The second-order valence-electron chi connectivity index (χ2n) is 7.90. The van der Waals surface area contributed by atoms with Gasteiger partial charge in [-0.25, -0.2) is 0 Å². The van der Waals surface area contributed by atoms with Crippen molar-refractivity contribution in [1.29, 1.82) is 0 Å². The molecule has 0 spiro atoms. The van der Waals surface area contributed by atoms with Crippen LogP contribution in [0.5, 0.6) is 0 Å². The van der Waals surface area contributed by atoms with E-state index < -0.39 is 0 Å². The standard InChI is InChI=1S/C25H25OS/c1-16(15-23-22-12-14-27-24(22)11-13-26-23)17(2)25-20-9-5-3-7-18(20)19-8-4-6-10-21(19)25/h3-10,12,14-17,23,25H,11,13H2,1-2H3. The molecule has 1 aliphatic carbocycles. The summed E-state index contributed by atoms with van der Waals surface area (Å²) in [6.45, 7) is 5.60. The van der Waals surface area contributed by atoms with Crippen LogP contribution in [0.15, 0.2) is 60.0 Å². The van der Waals surface area contributed by atoms with Gasteiger partial charge in [0.1, 0.15) is 0 Å². The van der Waals surface area contributed by atoms with Crippen molar-refractivity contribution in [3.05, 3.63) is 88.0 Å².